The maximum Gasteiger partial charge on any atom is 0.387 e. The molecule has 26 nitrogen and oxygen atoms in total. The first kappa shape index (κ1) is 73.5. The third-order valence-corrected chi connectivity index (χ3v) is 13.1. The molecule has 0 aliphatic heterocycles. The number of esters is 1. The van der Waals surface area contributed by atoms with Crippen LogP contribution >= 0.6 is 23.2 Å². The number of carbonyl (C=O) groups excluding carboxylic acids is 4. The number of aromatic amines is 1. The second-order valence-electron chi connectivity index (χ2n) is 17.8. The average Bonchev–Trinajstić information content (AvgIpc) is 3.97. The van der Waals surface area contributed by atoms with Crippen LogP contribution < -0.4 is 51.3 Å². The fourth-order valence-electron chi connectivity index (χ4n) is 6.92. The highest BCUT2D eigenvalue weighted by Crippen LogP contribution is 2.38. The van der Waals surface area contributed by atoms with E-state index in [0.29, 0.717) is 53.1 Å². The van der Waals surface area contributed by atoms with E-state index in [1.54, 1.807) is 12.1 Å². The molecule has 1 saturated carbocycles. The van der Waals surface area contributed by atoms with Gasteiger partial charge in [0.2, 0.25) is 0 Å². The standard InChI is InChI=1S/C29H28Cl2F2N2O9S.C9H10O6S.C9H10O5S.C8H8O3.H2O/c1-40-22-7-6-18(10-26(22)44-45(2,38)39)28(37)35-14-27(36)42-24(11-19-20(30)12-34-13-21(19)31)17-5-8-23(43-29(32)33)25(9-17)41-15-16-3-4-16;1-14-7-4-3-6(9(10)11)5-8(7)15-16(2,12)13;1-13-8-4-3-7(6-10)5-9(8)14-15(2,11)12;1-11-8-3-2-6(5-9)4-7(8)10;/h5-10,12-13,16,24,29H,3-4,11,14-15H2,1-2H3,(H,35,37);3-5H,1-2H3,(H,10,11);3-6H,1-2H3;2-5,10H,1H3;1H2/p+1/t24-;;;;/m0..../s1. The maximum absolute atomic E-state index is 13.1. The number of alkyl halides is 2. The molecule has 0 bridgehead atoms. The van der Waals surface area contributed by atoms with Gasteiger partial charge in [-0.25, -0.2) is 9.78 Å². The van der Waals surface area contributed by atoms with Gasteiger partial charge in [-0.3, -0.25) is 19.2 Å². The Bertz CT molecular complexity index is 3740. The molecular weight excluding hydrogens is 1280 g/mol. The van der Waals surface area contributed by atoms with Crippen LogP contribution in [-0.2, 0) is 46.3 Å². The van der Waals surface area contributed by atoms with Crippen LogP contribution in [0.3, 0.4) is 0 Å². The summed E-state index contributed by atoms with van der Waals surface area (Å²) in [5.41, 5.74) is 1.44. The number of aromatic carboxylic acids is 1. The Balaban J connectivity index is 0.000000380. The quantitative estimate of drug-likeness (QED) is 0.0302. The van der Waals surface area contributed by atoms with Gasteiger partial charge in [-0.1, -0.05) is 29.3 Å². The lowest BCUT2D eigenvalue weighted by Crippen LogP contribution is -2.31. The fourth-order valence-corrected chi connectivity index (χ4v) is 8.82. The number of aldehydes is 2. The number of phenolic OH excluding ortho intramolecular Hbond substituents is 1. The number of amides is 1. The van der Waals surface area contributed by atoms with Gasteiger partial charge in [0, 0.05) is 34.7 Å². The number of halogens is 4. The molecule has 1 fully saturated rings. The zero-order chi connectivity index (χ0) is 64.8. The predicted molar refractivity (Wildman–Crippen MR) is 311 cm³/mol. The minimum Gasteiger partial charge on any atom is -0.504 e. The average molecular weight is 1340 g/mol. The number of hydrogen-bond acceptors (Lipinski definition) is 22. The van der Waals surface area contributed by atoms with E-state index in [4.69, 9.17) is 66.0 Å². The third-order valence-electron chi connectivity index (χ3n) is 11.0. The first-order chi connectivity index (χ1) is 40.9. The highest BCUT2D eigenvalue weighted by atomic mass is 35.5. The van der Waals surface area contributed by atoms with Gasteiger partial charge in [-0.2, -0.15) is 34.0 Å². The lowest BCUT2D eigenvalue weighted by Gasteiger charge is -2.21. The van der Waals surface area contributed by atoms with Gasteiger partial charge in [-0.15, -0.1) is 0 Å². The number of aromatic nitrogens is 1. The number of hydrogen-bond donors (Lipinski definition) is 3. The van der Waals surface area contributed by atoms with Crippen molar-refractivity contribution < 1.29 is 124 Å². The largest absolute Gasteiger partial charge is 0.504 e. The van der Waals surface area contributed by atoms with E-state index < -0.39 is 67.5 Å². The van der Waals surface area contributed by atoms with E-state index in [2.05, 4.69) is 23.4 Å². The summed E-state index contributed by atoms with van der Waals surface area (Å²) < 4.78 is 143. The van der Waals surface area contributed by atoms with Gasteiger partial charge in [0.05, 0.1) is 59.4 Å². The van der Waals surface area contributed by atoms with E-state index in [-0.39, 0.29) is 84.8 Å². The second kappa shape index (κ2) is 34.0. The molecule has 0 saturated heterocycles. The molecule has 0 spiro atoms. The zero-order valence-electron chi connectivity index (χ0n) is 47.4. The summed E-state index contributed by atoms with van der Waals surface area (Å²) in [7, 11) is -5.83. The first-order valence-electron chi connectivity index (χ1n) is 24.7. The minimum atomic E-state index is -3.93. The van der Waals surface area contributed by atoms with Crippen LogP contribution in [0.5, 0.6) is 57.5 Å². The summed E-state index contributed by atoms with van der Waals surface area (Å²) in [6.45, 7) is -3.38. The number of rotatable bonds is 25. The van der Waals surface area contributed by atoms with Crippen LogP contribution in [0.4, 0.5) is 8.78 Å². The predicted octanol–water partition coefficient (Wildman–Crippen LogP) is 6.77. The monoisotopic (exact) mass is 1340 g/mol. The van der Waals surface area contributed by atoms with Crippen LogP contribution in [-0.4, -0.2) is 138 Å². The van der Waals surface area contributed by atoms with Gasteiger partial charge >= 0.3 is 48.9 Å². The molecular formula is C55H59Cl2F2N2O24S3+. The summed E-state index contributed by atoms with van der Waals surface area (Å²) in [5.74, 6) is -2.15. The number of methoxy groups -OCH3 is 4. The topological polar surface area (TPSA) is 378 Å². The molecule has 1 atom stereocenters. The Morgan fingerprint density at radius 2 is 1.09 bits per heavy atom. The molecule has 6 N–H and O–H groups in total. The van der Waals surface area contributed by atoms with Crippen LogP contribution in [0.2, 0.25) is 10.0 Å². The van der Waals surface area contributed by atoms with E-state index in [0.717, 1.165) is 43.7 Å². The maximum atomic E-state index is 13.1. The van der Waals surface area contributed by atoms with E-state index in [9.17, 15) is 58.0 Å². The second-order valence-corrected chi connectivity index (χ2v) is 23.3. The normalized spacial score (nSPS) is 11.9. The Kier molecular flexibility index (Phi) is 28.4. The summed E-state index contributed by atoms with van der Waals surface area (Å²) in [4.78, 5) is 60.0. The highest BCUT2D eigenvalue weighted by Gasteiger charge is 2.27. The van der Waals surface area contributed by atoms with Crippen LogP contribution in [0.25, 0.3) is 0 Å². The minimum absolute atomic E-state index is 0. The summed E-state index contributed by atoms with van der Waals surface area (Å²) >= 11 is 12.7. The molecule has 5 aromatic carbocycles. The smallest absolute Gasteiger partial charge is 0.387 e. The van der Waals surface area contributed by atoms with Crippen LogP contribution in [0.1, 0.15) is 71.5 Å². The Labute approximate surface area is 513 Å². The van der Waals surface area contributed by atoms with Gasteiger partial charge in [0.1, 0.15) is 35.3 Å². The van der Waals surface area contributed by atoms with Crippen molar-refractivity contribution in [2.75, 3.05) is 60.4 Å². The summed E-state index contributed by atoms with van der Waals surface area (Å²) in [5, 5.41) is 20.8. The third kappa shape index (κ3) is 24.9. The lowest BCUT2D eigenvalue weighted by molar-refractivity contribution is -0.377. The summed E-state index contributed by atoms with van der Waals surface area (Å²) in [6, 6.07) is 20.4. The first-order valence-corrected chi connectivity index (χ1v) is 30.9. The molecule has 7 rings (SSSR count). The van der Waals surface area contributed by atoms with Gasteiger partial charge in [0.25, 0.3) is 5.91 Å². The number of carbonyl (C=O) groups is 5. The fraction of sp³-hybridized carbons (Fsp3) is 0.273. The molecule has 1 amide bonds. The molecule has 88 heavy (non-hydrogen) atoms. The molecule has 33 heteroatoms. The van der Waals surface area contributed by atoms with Crippen molar-refractivity contribution in [2.24, 2.45) is 5.92 Å². The zero-order valence-corrected chi connectivity index (χ0v) is 51.4. The summed E-state index contributed by atoms with van der Waals surface area (Å²) in [6.07, 6.45) is 7.70. The number of phenols is 1. The number of pyridine rings is 1. The van der Waals surface area contributed by atoms with Crippen molar-refractivity contribution in [1.82, 2.24) is 5.32 Å². The molecule has 0 radical (unpaired) electrons. The number of carboxylic acids is 1. The molecule has 1 heterocycles. The SMILES string of the molecule is COc1ccc(C(=O)NCC(=O)O[C@@H](Cc2c(Cl)c[nH+]cc2Cl)c2ccc(OC(F)F)c(OCC3CC3)c2)cc1OS(C)(=O)=O.COc1ccc(C(=O)O)cc1OS(C)(=O)=O.COc1ccc(C=O)cc1O.COc1ccc(C=O)cc1OS(C)(=O)=O.O. The molecule has 0 unspecified atom stereocenters. The van der Waals surface area contributed by atoms with Crippen molar-refractivity contribution in [1.29, 1.82) is 0 Å². The lowest BCUT2D eigenvalue weighted by atomic mass is 10.0. The number of nitrogens with one attached hydrogen (secondary N) is 2. The number of H-pyrrole nitrogens is 1. The number of ether oxygens (including phenoxy) is 7. The van der Waals surface area contributed by atoms with Crippen molar-refractivity contribution in [3.8, 4) is 57.5 Å². The van der Waals surface area contributed by atoms with Crippen molar-refractivity contribution >= 4 is 84.0 Å². The van der Waals surface area contributed by atoms with Gasteiger partial charge < -0.3 is 66.7 Å². The van der Waals surface area contributed by atoms with Crippen molar-refractivity contribution in [3.05, 3.63) is 147 Å². The Morgan fingerprint density at radius 3 is 1.55 bits per heavy atom. The Morgan fingerprint density at radius 1 is 0.636 bits per heavy atom. The number of carboxylic acid groups (broad SMARTS) is 1. The van der Waals surface area contributed by atoms with Gasteiger partial charge in [-0.05, 0) is 103 Å². The highest BCUT2D eigenvalue weighted by molar-refractivity contribution is 7.86. The van der Waals surface area contributed by atoms with Crippen LogP contribution in [0.15, 0.2) is 103 Å². The molecule has 1 aliphatic rings. The number of aromatic hydroxyl groups is 1. The van der Waals surface area contributed by atoms with E-state index in [1.807, 2.05) is 0 Å². The molecule has 1 aromatic heterocycles. The Hall–Kier alpha value is -8.75. The van der Waals surface area contributed by atoms with Gasteiger partial charge in [0.15, 0.2) is 69.9 Å². The van der Waals surface area contributed by atoms with E-state index in [1.165, 1.54) is 108 Å². The van der Waals surface area contributed by atoms with Crippen LogP contribution in [0, 0.1) is 5.92 Å². The molecule has 1 aliphatic carbocycles. The molecule has 478 valence electrons. The van der Waals surface area contributed by atoms with Crippen molar-refractivity contribution in [2.45, 2.75) is 32.0 Å². The van der Waals surface area contributed by atoms with E-state index >= 15 is 0 Å². The number of benzene rings is 5. The van der Waals surface area contributed by atoms with Crippen molar-refractivity contribution in [3.63, 3.8) is 0 Å². The molecule has 6 aromatic rings.